The van der Waals surface area contributed by atoms with Gasteiger partial charge in [-0.25, -0.2) is 4.79 Å². The van der Waals surface area contributed by atoms with E-state index in [2.05, 4.69) is 10.6 Å². The van der Waals surface area contributed by atoms with Gasteiger partial charge in [0.1, 0.15) is 5.70 Å². The number of ether oxygens (including phenoxy) is 2. The van der Waals surface area contributed by atoms with Crippen molar-refractivity contribution in [2.24, 2.45) is 0 Å². The van der Waals surface area contributed by atoms with Crippen LogP contribution >= 0.6 is 11.6 Å². The lowest BCUT2D eigenvalue weighted by Crippen LogP contribution is -2.25. The molecule has 0 unspecified atom stereocenters. The highest BCUT2D eigenvalue weighted by molar-refractivity contribution is 6.32. The third-order valence-electron chi connectivity index (χ3n) is 4.13. The molecule has 1 heterocycles. The van der Waals surface area contributed by atoms with Gasteiger partial charge in [-0.1, -0.05) is 29.8 Å². The second-order valence-corrected chi connectivity index (χ2v) is 6.73. The molecule has 1 fully saturated rings. The molecule has 0 saturated carbocycles. The second kappa shape index (κ2) is 9.32. The fourth-order valence-corrected chi connectivity index (χ4v) is 2.99. The van der Waals surface area contributed by atoms with E-state index in [1.54, 1.807) is 31.2 Å². The van der Waals surface area contributed by atoms with E-state index in [1.165, 1.54) is 13.1 Å². The van der Waals surface area contributed by atoms with Crippen molar-refractivity contribution in [3.8, 4) is 11.5 Å². The molecule has 0 radical (unpaired) electrons. The van der Waals surface area contributed by atoms with E-state index < -0.39 is 11.9 Å². The van der Waals surface area contributed by atoms with Crippen LogP contribution in [-0.2, 0) is 9.59 Å². The highest BCUT2D eigenvalue weighted by Crippen LogP contribution is 2.37. The molecule has 156 valence electrons. The third-order valence-corrected chi connectivity index (χ3v) is 4.41. The van der Waals surface area contributed by atoms with Crippen LogP contribution in [0, 0.1) is 0 Å². The van der Waals surface area contributed by atoms with E-state index in [-0.39, 0.29) is 29.0 Å². The van der Waals surface area contributed by atoms with Crippen LogP contribution in [0.1, 0.15) is 12.5 Å². The van der Waals surface area contributed by atoms with Gasteiger partial charge in [0, 0.05) is 12.7 Å². The Bertz CT molecular complexity index is 1010. The van der Waals surface area contributed by atoms with Gasteiger partial charge < -0.3 is 20.1 Å². The number of carbonyl (C=O) groups excluding carboxylic acids is 3. The van der Waals surface area contributed by atoms with Crippen LogP contribution in [0.3, 0.4) is 0 Å². The first kappa shape index (κ1) is 21.2. The van der Waals surface area contributed by atoms with E-state index in [9.17, 15) is 14.4 Å². The largest absolute Gasteiger partial charge is 0.490 e. The minimum Gasteiger partial charge on any atom is -0.490 e. The fraction of sp³-hybridized carbons (Fsp3) is 0.190. The van der Waals surface area contributed by atoms with E-state index in [4.69, 9.17) is 21.1 Å². The molecular weight excluding hydrogens is 410 g/mol. The van der Waals surface area contributed by atoms with Crippen LogP contribution in [0.2, 0.25) is 5.02 Å². The van der Waals surface area contributed by atoms with Gasteiger partial charge in [0.2, 0.25) is 0 Å². The van der Waals surface area contributed by atoms with Gasteiger partial charge in [-0.3, -0.25) is 14.5 Å². The zero-order valence-corrected chi connectivity index (χ0v) is 17.2. The van der Waals surface area contributed by atoms with Crippen molar-refractivity contribution < 1.29 is 23.9 Å². The maximum absolute atomic E-state index is 12.1. The molecule has 2 aromatic carbocycles. The summed E-state index contributed by atoms with van der Waals surface area (Å²) in [5, 5.41) is 5.40. The predicted molar refractivity (Wildman–Crippen MR) is 112 cm³/mol. The number of halogens is 1. The van der Waals surface area contributed by atoms with Crippen LogP contribution in [0.5, 0.6) is 11.5 Å². The number of amides is 4. The Balaban J connectivity index is 1.77. The quantitative estimate of drug-likeness (QED) is 0.520. The van der Waals surface area contributed by atoms with Crippen molar-refractivity contribution in [1.29, 1.82) is 0 Å². The highest BCUT2D eigenvalue weighted by Gasteiger charge is 2.30. The number of carbonyl (C=O) groups is 3. The monoisotopic (exact) mass is 429 g/mol. The number of likely N-dealkylation sites (N-methyl/N-ethyl adjacent to an activating group) is 1. The molecule has 9 heteroatoms. The van der Waals surface area contributed by atoms with Gasteiger partial charge in [0.15, 0.2) is 18.1 Å². The van der Waals surface area contributed by atoms with Crippen molar-refractivity contribution in [2.45, 2.75) is 6.92 Å². The van der Waals surface area contributed by atoms with E-state index in [0.717, 1.165) is 4.90 Å². The Morgan fingerprint density at radius 2 is 1.93 bits per heavy atom. The zero-order valence-electron chi connectivity index (χ0n) is 16.4. The number of para-hydroxylation sites is 1. The van der Waals surface area contributed by atoms with Gasteiger partial charge in [0.25, 0.3) is 11.8 Å². The lowest BCUT2D eigenvalue weighted by Gasteiger charge is -2.14. The number of hydrogen-bond acceptors (Lipinski definition) is 5. The van der Waals surface area contributed by atoms with Crippen molar-refractivity contribution in [3.05, 3.63) is 58.7 Å². The standard InChI is InChI=1S/C21H20ClN3O5/c1-3-29-17-11-13(10-16-20(27)25(2)21(28)24-16)9-15(22)19(17)30-12-18(26)23-14-7-5-4-6-8-14/h4-11H,3,12H2,1-2H3,(H,23,26)(H,24,28)/b16-10+. The van der Waals surface area contributed by atoms with Crippen LogP contribution in [0.15, 0.2) is 48.2 Å². The summed E-state index contributed by atoms with van der Waals surface area (Å²) in [7, 11) is 1.38. The number of benzene rings is 2. The second-order valence-electron chi connectivity index (χ2n) is 6.32. The Morgan fingerprint density at radius 1 is 1.20 bits per heavy atom. The SMILES string of the molecule is CCOc1cc(/C=C2/NC(=O)N(C)C2=O)cc(Cl)c1OCC(=O)Nc1ccccc1. The fourth-order valence-electron chi connectivity index (χ4n) is 2.72. The number of nitrogens with one attached hydrogen (secondary N) is 2. The van der Waals surface area contributed by atoms with Gasteiger partial charge >= 0.3 is 6.03 Å². The Labute approximate surface area is 178 Å². The van der Waals surface area contributed by atoms with Crippen molar-refractivity contribution in [1.82, 2.24) is 10.2 Å². The number of nitrogens with zero attached hydrogens (tertiary/aromatic N) is 1. The van der Waals surface area contributed by atoms with Crippen LogP contribution < -0.4 is 20.1 Å². The van der Waals surface area contributed by atoms with E-state index >= 15 is 0 Å². The molecule has 0 aromatic heterocycles. The summed E-state index contributed by atoms with van der Waals surface area (Å²) in [4.78, 5) is 36.8. The normalized spacial score (nSPS) is 14.6. The average Bonchev–Trinajstić information content (AvgIpc) is 2.95. The van der Waals surface area contributed by atoms with E-state index in [1.807, 2.05) is 18.2 Å². The molecule has 30 heavy (non-hydrogen) atoms. The van der Waals surface area contributed by atoms with Crippen molar-refractivity contribution >= 4 is 41.2 Å². The van der Waals surface area contributed by atoms with Crippen molar-refractivity contribution in [3.63, 3.8) is 0 Å². The Kier molecular flexibility index (Phi) is 6.58. The summed E-state index contributed by atoms with van der Waals surface area (Å²) in [5.74, 6) is -0.280. The number of imide groups is 1. The minimum atomic E-state index is -0.508. The van der Waals surface area contributed by atoms with Gasteiger partial charge in [0.05, 0.1) is 11.6 Å². The summed E-state index contributed by atoms with van der Waals surface area (Å²) in [6.45, 7) is 1.86. The third kappa shape index (κ3) is 4.90. The summed E-state index contributed by atoms with van der Waals surface area (Å²) in [6.07, 6.45) is 1.49. The minimum absolute atomic E-state index is 0.122. The predicted octanol–water partition coefficient (Wildman–Crippen LogP) is 3.28. The molecular formula is C21H20ClN3O5. The van der Waals surface area contributed by atoms with Gasteiger partial charge in [-0.2, -0.15) is 0 Å². The molecule has 1 aliphatic rings. The van der Waals surface area contributed by atoms with Crippen LogP contribution in [-0.4, -0.2) is 43.0 Å². The molecule has 2 N–H and O–H groups in total. The zero-order chi connectivity index (χ0) is 21.7. The number of anilines is 1. The Hall–Kier alpha value is -3.52. The summed E-state index contributed by atoms with van der Waals surface area (Å²) in [5.41, 5.74) is 1.30. The van der Waals surface area contributed by atoms with Gasteiger partial charge in [-0.15, -0.1) is 0 Å². The molecule has 0 spiro atoms. The molecule has 2 aromatic rings. The number of hydrogen-bond donors (Lipinski definition) is 2. The lowest BCUT2D eigenvalue weighted by molar-refractivity contribution is -0.122. The number of rotatable bonds is 7. The highest BCUT2D eigenvalue weighted by atomic mass is 35.5. The lowest BCUT2D eigenvalue weighted by atomic mass is 10.1. The maximum Gasteiger partial charge on any atom is 0.328 e. The number of urea groups is 1. The molecule has 4 amide bonds. The molecule has 1 saturated heterocycles. The van der Waals surface area contributed by atoms with Crippen LogP contribution in [0.4, 0.5) is 10.5 Å². The molecule has 0 bridgehead atoms. The first-order chi connectivity index (χ1) is 14.4. The molecule has 3 rings (SSSR count). The smallest absolute Gasteiger partial charge is 0.328 e. The maximum atomic E-state index is 12.1. The molecule has 8 nitrogen and oxygen atoms in total. The average molecular weight is 430 g/mol. The van der Waals surface area contributed by atoms with E-state index in [0.29, 0.717) is 23.6 Å². The summed E-state index contributed by atoms with van der Waals surface area (Å²) in [6, 6.07) is 11.7. The van der Waals surface area contributed by atoms with Crippen LogP contribution in [0.25, 0.3) is 6.08 Å². The first-order valence-corrected chi connectivity index (χ1v) is 9.51. The molecule has 0 aliphatic carbocycles. The Morgan fingerprint density at radius 3 is 2.57 bits per heavy atom. The topological polar surface area (TPSA) is 97.0 Å². The van der Waals surface area contributed by atoms with Crippen molar-refractivity contribution in [2.75, 3.05) is 25.6 Å². The first-order valence-electron chi connectivity index (χ1n) is 9.13. The summed E-state index contributed by atoms with van der Waals surface area (Å²) >= 11 is 6.34. The van der Waals surface area contributed by atoms with Gasteiger partial charge in [-0.05, 0) is 42.8 Å². The molecule has 0 atom stereocenters. The molecule has 1 aliphatic heterocycles. The summed E-state index contributed by atoms with van der Waals surface area (Å²) < 4.78 is 11.2.